The molecule has 0 saturated heterocycles. The van der Waals surface area contributed by atoms with E-state index in [1.54, 1.807) is 19.1 Å². The number of nitrogens with zero attached hydrogens (tertiary/aromatic N) is 2. The van der Waals surface area contributed by atoms with Gasteiger partial charge in [-0.25, -0.2) is 9.78 Å². The number of hydrogen-bond donors (Lipinski definition) is 0. The Hall–Kier alpha value is -2.85. The smallest absolute Gasteiger partial charge is 0.344 e. The molecule has 7 nitrogen and oxygen atoms in total. The molecule has 0 saturated carbocycles. The fraction of sp³-hybridized carbons (Fsp3) is 0.421. The SMILES string of the molecule is CCOC(=O)COc1nc2c(c(-c3ccco3)c1C#N)COC(C)(C)C2. The zero-order valence-electron chi connectivity index (χ0n) is 15.0. The van der Waals surface area contributed by atoms with E-state index in [1.807, 2.05) is 13.8 Å². The summed E-state index contributed by atoms with van der Waals surface area (Å²) in [5, 5.41) is 9.70. The lowest BCUT2D eigenvalue weighted by Crippen LogP contribution is -2.33. The summed E-state index contributed by atoms with van der Waals surface area (Å²) in [6.07, 6.45) is 2.09. The van der Waals surface area contributed by atoms with Crippen LogP contribution in [0, 0.1) is 11.3 Å². The van der Waals surface area contributed by atoms with E-state index in [-0.39, 0.29) is 30.3 Å². The van der Waals surface area contributed by atoms with Gasteiger partial charge in [0.05, 0.1) is 30.8 Å². The van der Waals surface area contributed by atoms with Gasteiger partial charge in [-0.05, 0) is 32.9 Å². The van der Waals surface area contributed by atoms with Crippen molar-refractivity contribution in [2.24, 2.45) is 0 Å². The Morgan fingerprint density at radius 1 is 1.46 bits per heavy atom. The van der Waals surface area contributed by atoms with Crippen LogP contribution in [0.15, 0.2) is 22.8 Å². The molecule has 0 aliphatic carbocycles. The van der Waals surface area contributed by atoms with Gasteiger partial charge in [-0.1, -0.05) is 0 Å². The van der Waals surface area contributed by atoms with Crippen molar-refractivity contribution in [2.75, 3.05) is 13.2 Å². The Bertz CT molecular complexity index is 850. The lowest BCUT2D eigenvalue weighted by Gasteiger charge is -2.32. The molecule has 7 heteroatoms. The Morgan fingerprint density at radius 2 is 2.27 bits per heavy atom. The molecule has 26 heavy (non-hydrogen) atoms. The first kappa shape index (κ1) is 18.0. The number of carbonyl (C=O) groups excluding carboxylic acids is 1. The number of fused-ring (bicyclic) bond motifs is 1. The molecular formula is C19H20N2O5. The molecule has 2 aromatic heterocycles. The standard InChI is InChI=1S/C19H20N2O5/c1-4-23-16(22)11-25-18-12(9-20)17(15-6-5-7-24-15)13-10-26-19(2,3)8-14(13)21-18/h5-7H,4,8,10-11H2,1-3H3. The molecule has 0 bridgehead atoms. The molecule has 0 aromatic carbocycles. The Kier molecular flexibility index (Phi) is 4.96. The largest absolute Gasteiger partial charge is 0.465 e. The summed E-state index contributed by atoms with van der Waals surface area (Å²) in [4.78, 5) is 16.1. The van der Waals surface area contributed by atoms with Crippen molar-refractivity contribution in [3.63, 3.8) is 0 Å². The van der Waals surface area contributed by atoms with Crippen molar-refractivity contribution < 1.29 is 23.4 Å². The van der Waals surface area contributed by atoms with Crippen LogP contribution in [0.4, 0.5) is 0 Å². The fourth-order valence-corrected chi connectivity index (χ4v) is 2.90. The molecule has 0 N–H and O–H groups in total. The maximum atomic E-state index is 11.6. The third-order valence-electron chi connectivity index (χ3n) is 4.06. The molecule has 0 atom stereocenters. The van der Waals surface area contributed by atoms with E-state index in [0.29, 0.717) is 24.4 Å². The molecule has 0 fully saturated rings. The molecule has 0 radical (unpaired) electrons. The van der Waals surface area contributed by atoms with Crippen molar-refractivity contribution in [1.82, 2.24) is 4.98 Å². The number of rotatable bonds is 5. The van der Waals surface area contributed by atoms with Gasteiger partial charge in [0.15, 0.2) is 6.61 Å². The topological polar surface area (TPSA) is 94.6 Å². The van der Waals surface area contributed by atoms with Crippen molar-refractivity contribution in [3.8, 4) is 23.3 Å². The van der Waals surface area contributed by atoms with Gasteiger partial charge >= 0.3 is 5.97 Å². The predicted octanol–water partition coefficient (Wildman–Crippen LogP) is 3.01. The van der Waals surface area contributed by atoms with Gasteiger partial charge in [-0.3, -0.25) is 0 Å². The van der Waals surface area contributed by atoms with E-state index in [0.717, 1.165) is 11.3 Å². The van der Waals surface area contributed by atoms with Crippen LogP contribution in [-0.4, -0.2) is 29.8 Å². The number of ether oxygens (including phenoxy) is 3. The minimum absolute atomic E-state index is 0.100. The summed E-state index contributed by atoms with van der Waals surface area (Å²) in [6, 6.07) is 5.64. The van der Waals surface area contributed by atoms with E-state index in [9.17, 15) is 10.1 Å². The first-order chi connectivity index (χ1) is 12.4. The number of esters is 1. The number of nitriles is 1. The lowest BCUT2D eigenvalue weighted by atomic mass is 9.91. The van der Waals surface area contributed by atoms with Gasteiger partial charge in [-0.2, -0.15) is 5.26 Å². The van der Waals surface area contributed by atoms with Crippen molar-refractivity contribution >= 4 is 5.97 Å². The second-order valence-corrected chi connectivity index (χ2v) is 6.50. The van der Waals surface area contributed by atoms with E-state index >= 15 is 0 Å². The summed E-state index contributed by atoms with van der Waals surface area (Å²) in [7, 11) is 0. The van der Waals surface area contributed by atoms with Gasteiger partial charge in [0, 0.05) is 17.5 Å². The van der Waals surface area contributed by atoms with Crippen LogP contribution in [-0.2, 0) is 27.3 Å². The molecule has 0 amide bonds. The minimum atomic E-state index is -0.515. The van der Waals surface area contributed by atoms with E-state index in [4.69, 9.17) is 18.6 Å². The van der Waals surface area contributed by atoms with Gasteiger partial charge in [0.25, 0.3) is 0 Å². The summed E-state index contributed by atoms with van der Waals surface area (Å²) < 4.78 is 21.8. The third kappa shape index (κ3) is 3.55. The Balaban J connectivity index is 2.08. The predicted molar refractivity (Wildman–Crippen MR) is 91.4 cm³/mol. The first-order valence-electron chi connectivity index (χ1n) is 8.37. The maximum Gasteiger partial charge on any atom is 0.344 e. The van der Waals surface area contributed by atoms with Crippen LogP contribution in [0.1, 0.15) is 37.6 Å². The molecule has 3 heterocycles. The van der Waals surface area contributed by atoms with Gasteiger partial charge in [-0.15, -0.1) is 0 Å². The maximum absolute atomic E-state index is 11.6. The first-order valence-corrected chi connectivity index (χ1v) is 8.37. The third-order valence-corrected chi connectivity index (χ3v) is 4.06. The number of furan rings is 1. The summed E-state index contributed by atoms with van der Waals surface area (Å²) in [6.45, 7) is 5.92. The van der Waals surface area contributed by atoms with Crippen molar-refractivity contribution in [2.45, 2.75) is 39.4 Å². The van der Waals surface area contributed by atoms with Crippen LogP contribution >= 0.6 is 0 Å². The Labute approximate surface area is 151 Å². The van der Waals surface area contributed by atoms with Gasteiger partial charge in [0.1, 0.15) is 17.4 Å². The van der Waals surface area contributed by atoms with Gasteiger partial charge < -0.3 is 18.6 Å². The average molecular weight is 356 g/mol. The molecule has 1 aliphatic heterocycles. The summed E-state index contributed by atoms with van der Waals surface area (Å²) >= 11 is 0. The van der Waals surface area contributed by atoms with Crippen molar-refractivity contribution in [3.05, 3.63) is 35.2 Å². The highest BCUT2D eigenvalue weighted by Gasteiger charge is 2.32. The molecular weight excluding hydrogens is 336 g/mol. The number of pyridine rings is 1. The molecule has 1 aliphatic rings. The van der Waals surface area contributed by atoms with Gasteiger partial charge in [0.2, 0.25) is 5.88 Å². The molecule has 0 spiro atoms. The van der Waals surface area contributed by atoms with Crippen LogP contribution in [0.25, 0.3) is 11.3 Å². The van der Waals surface area contributed by atoms with Crippen LogP contribution in [0.5, 0.6) is 5.88 Å². The fourth-order valence-electron chi connectivity index (χ4n) is 2.90. The van der Waals surface area contributed by atoms with E-state index in [1.165, 1.54) is 6.26 Å². The molecule has 2 aromatic rings. The normalized spacial score (nSPS) is 15.0. The van der Waals surface area contributed by atoms with E-state index in [2.05, 4.69) is 11.1 Å². The number of carbonyl (C=O) groups is 1. The summed E-state index contributed by atoms with van der Waals surface area (Å²) in [5.74, 6) is 0.118. The van der Waals surface area contributed by atoms with Crippen LogP contribution < -0.4 is 4.74 Å². The zero-order chi connectivity index (χ0) is 18.7. The highest BCUT2D eigenvalue weighted by Crippen LogP contribution is 2.39. The Morgan fingerprint density at radius 3 is 2.92 bits per heavy atom. The minimum Gasteiger partial charge on any atom is -0.465 e. The summed E-state index contributed by atoms with van der Waals surface area (Å²) in [5.41, 5.74) is 2.00. The number of hydrogen-bond acceptors (Lipinski definition) is 7. The van der Waals surface area contributed by atoms with Crippen LogP contribution in [0.3, 0.4) is 0 Å². The average Bonchev–Trinajstić information content (AvgIpc) is 3.12. The van der Waals surface area contributed by atoms with E-state index < -0.39 is 5.97 Å². The monoisotopic (exact) mass is 356 g/mol. The zero-order valence-corrected chi connectivity index (χ0v) is 15.0. The highest BCUT2D eigenvalue weighted by molar-refractivity contribution is 5.75. The van der Waals surface area contributed by atoms with Crippen LogP contribution in [0.2, 0.25) is 0 Å². The molecule has 3 rings (SSSR count). The number of aromatic nitrogens is 1. The molecule has 0 unspecified atom stereocenters. The lowest BCUT2D eigenvalue weighted by molar-refractivity contribution is -0.145. The second kappa shape index (κ2) is 7.18. The second-order valence-electron chi connectivity index (χ2n) is 6.50. The highest BCUT2D eigenvalue weighted by atomic mass is 16.6. The quantitative estimate of drug-likeness (QED) is 0.760. The molecule has 136 valence electrons. The van der Waals surface area contributed by atoms with Crippen molar-refractivity contribution in [1.29, 1.82) is 5.26 Å².